The summed E-state index contributed by atoms with van der Waals surface area (Å²) in [5.41, 5.74) is 9.48. The molecule has 0 aliphatic carbocycles. The average Bonchev–Trinajstić information content (AvgIpc) is 2.50. The molecule has 0 aliphatic heterocycles. The summed E-state index contributed by atoms with van der Waals surface area (Å²) in [5, 5.41) is 0. The Kier molecular flexibility index (Phi) is 6.21. The highest BCUT2D eigenvalue weighted by atomic mass is 16.5. The van der Waals surface area contributed by atoms with E-state index in [0.29, 0.717) is 13.2 Å². The van der Waals surface area contributed by atoms with Gasteiger partial charge in [-0.3, -0.25) is 4.98 Å². The normalized spacial score (nSPS) is 10.7. The third-order valence-electron chi connectivity index (χ3n) is 3.29. The molecule has 106 valence electrons. The molecule has 0 bridgehead atoms. The second-order valence-electron chi connectivity index (χ2n) is 4.82. The van der Waals surface area contributed by atoms with Crippen molar-refractivity contribution in [2.75, 3.05) is 13.2 Å². The van der Waals surface area contributed by atoms with Crippen molar-refractivity contribution < 1.29 is 4.74 Å². The molecule has 0 aliphatic rings. The van der Waals surface area contributed by atoms with Gasteiger partial charge in [-0.25, -0.2) is 0 Å². The molecule has 2 N–H and O–H groups in total. The van der Waals surface area contributed by atoms with Crippen LogP contribution in [0.2, 0.25) is 0 Å². The number of rotatable bonds is 8. The van der Waals surface area contributed by atoms with Crippen molar-refractivity contribution in [1.29, 1.82) is 0 Å². The van der Waals surface area contributed by atoms with Gasteiger partial charge in [-0.2, -0.15) is 0 Å². The Morgan fingerprint density at radius 3 is 2.45 bits per heavy atom. The van der Waals surface area contributed by atoms with Gasteiger partial charge in [-0.15, -0.1) is 0 Å². The van der Waals surface area contributed by atoms with E-state index in [9.17, 15) is 0 Å². The summed E-state index contributed by atoms with van der Waals surface area (Å²) in [6.45, 7) is 2.13. The van der Waals surface area contributed by atoms with Crippen LogP contribution in [0, 0.1) is 0 Å². The monoisotopic (exact) mass is 270 g/mol. The van der Waals surface area contributed by atoms with E-state index in [0.717, 1.165) is 25.9 Å². The number of hydrogen-bond donors (Lipinski definition) is 1. The molecule has 0 atom stereocenters. The van der Waals surface area contributed by atoms with E-state index in [1.54, 1.807) is 0 Å². The zero-order valence-corrected chi connectivity index (χ0v) is 11.8. The Morgan fingerprint density at radius 1 is 0.950 bits per heavy atom. The van der Waals surface area contributed by atoms with Crippen LogP contribution in [0.3, 0.4) is 0 Å². The van der Waals surface area contributed by atoms with E-state index in [2.05, 4.69) is 41.4 Å². The summed E-state index contributed by atoms with van der Waals surface area (Å²) in [5.74, 6) is 0. The fraction of sp³-hybridized carbons (Fsp3) is 0.353. The molecule has 2 aromatic rings. The predicted molar refractivity (Wildman–Crippen MR) is 81.4 cm³/mol. The Hall–Kier alpha value is -1.71. The molecule has 1 aromatic heterocycles. The highest BCUT2D eigenvalue weighted by Gasteiger charge is 2.01. The van der Waals surface area contributed by atoms with Crippen molar-refractivity contribution in [3.8, 4) is 0 Å². The maximum Gasteiger partial charge on any atom is 0.0719 e. The van der Waals surface area contributed by atoms with E-state index < -0.39 is 0 Å². The molecule has 0 spiro atoms. The lowest BCUT2D eigenvalue weighted by Crippen LogP contribution is -2.06. The molecule has 1 aromatic carbocycles. The quantitative estimate of drug-likeness (QED) is 0.750. The van der Waals surface area contributed by atoms with Gasteiger partial charge >= 0.3 is 0 Å². The van der Waals surface area contributed by atoms with Gasteiger partial charge in [-0.05, 0) is 54.6 Å². The summed E-state index contributed by atoms with van der Waals surface area (Å²) >= 11 is 0. The smallest absolute Gasteiger partial charge is 0.0719 e. The van der Waals surface area contributed by atoms with Crippen molar-refractivity contribution in [1.82, 2.24) is 4.98 Å². The summed E-state index contributed by atoms with van der Waals surface area (Å²) in [7, 11) is 0. The number of benzene rings is 1. The second-order valence-corrected chi connectivity index (χ2v) is 4.82. The molecule has 3 nitrogen and oxygen atoms in total. The maximum absolute atomic E-state index is 5.77. The first-order valence-corrected chi connectivity index (χ1v) is 7.13. The second kappa shape index (κ2) is 8.46. The van der Waals surface area contributed by atoms with Gasteiger partial charge in [-0.1, -0.05) is 24.3 Å². The largest absolute Gasteiger partial charge is 0.377 e. The van der Waals surface area contributed by atoms with Gasteiger partial charge in [0.15, 0.2) is 0 Å². The fourth-order valence-corrected chi connectivity index (χ4v) is 2.21. The number of pyridine rings is 1. The number of nitrogens with two attached hydrogens (primary N) is 1. The van der Waals surface area contributed by atoms with Crippen LogP contribution in [0.5, 0.6) is 0 Å². The molecule has 0 amide bonds. The zero-order valence-electron chi connectivity index (χ0n) is 11.8. The summed E-state index contributed by atoms with van der Waals surface area (Å²) in [6, 6.07) is 12.5. The van der Waals surface area contributed by atoms with Crippen LogP contribution >= 0.6 is 0 Å². The Labute approximate surface area is 120 Å². The Morgan fingerprint density at radius 2 is 1.70 bits per heavy atom. The lowest BCUT2D eigenvalue weighted by atomic mass is 10.1. The zero-order chi connectivity index (χ0) is 14.0. The molecule has 0 saturated carbocycles. The summed E-state index contributed by atoms with van der Waals surface area (Å²) in [6.07, 6.45) is 6.64. The fourth-order valence-electron chi connectivity index (χ4n) is 2.21. The third-order valence-corrected chi connectivity index (χ3v) is 3.29. The molecule has 0 radical (unpaired) electrons. The van der Waals surface area contributed by atoms with Crippen molar-refractivity contribution >= 4 is 0 Å². The lowest BCUT2D eigenvalue weighted by Gasteiger charge is -2.09. The lowest BCUT2D eigenvalue weighted by molar-refractivity contribution is 0.118. The van der Waals surface area contributed by atoms with Crippen LogP contribution in [0.1, 0.15) is 23.1 Å². The van der Waals surface area contributed by atoms with E-state index >= 15 is 0 Å². The van der Waals surface area contributed by atoms with Crippen LogP contribution in [-0.2, 0) is 24.2 Å². The minimum absolute atomic E-state index is 0.673. The van der Waals surface area contributed by atoms with Gasteiger partial charge in [0, 0.05) is 19.0 Å². The highest BCUT2D eigenvalue weighted by molar-refractivity contribution is 5.26. The average molecular weight is 270 g/mol. The van der Waals surface area contributed by atoms with E-state index in [1.807, 2.05) is 12.4 Å². The topological polar surface area (TPSA) is 48.1 Å². The molecular formula is C17H22N2O. The molecule has 0 fully saturated rings. The minimum atomic E-state index is 0.673. The van der Waals surface area contributed by atoms with Gasteiger partial charge in [0.05, 0.1) is 6.61 Å². The Bertz CT molecular complexity index is 499. The summed E-state index contributed by atoms with van der Waals surface area (Å²) in [4.78, 5) is 4.02. The number of nitrogens with zero attached hydrogens (tertiary/aromatic N) is 1. The molecule has 2 rings (SSSR count). The summed E-state index contributed by atoms with van der Waals surface area (Å²) < 4.78 is 5.77. The number of ether oxygens (including phenoxy) is 1. The van der Waals surface area contributed by atoms with E-state index in [-0.39, 0.29) is 0 Å². The van der Waals surface area contributed by atoms with E-state index in [4.69, 9.17) is 10.5 Å². The first kappa shape index (κ1) is 14.7. The maximum atomic E-state index is 5.77. The van der Waals surface area contributed by atoms with E-state index in [1.165, 1.54) is 16.7 Å². The molecule has 0 saturated heterocycles. The van der Waals surface area contributed by atoms with Gasteiger partial charge in [0.1, 0.15) is 0 Å². The van der Waals surface area contributed by atoms with Crippen molar-refractivity contribution in [3.05, 3.63) is 65.5 Å². The highest BCUT2D eigenvalue weighted by Crippen LogP contribution is 2.11. The first-order valence-electron chi connectivity index (χ1n) is 7.13. The van der Waals surface area contributed by atoms with Crippen molar-refractivity contribution in [3.63, 3.8) is 0 Å². The van der Waals surface area contributed by atoms with Crippen molar-refractivity contribution in [2.45, 2.75) is 25.9 Å². The Balaban J connectivity index is 1.71. The molecule has 20 heavy (non-hydrogen) atoms. The van der Waals surface area contributed by atoms with Crippen molar-refractivity contribution in [2.24, 2.45) is 5.73 Å². The number of aromatic nitrogens is 1. The van der Waals surface area contributed by atoms with Gasteiger partial charge in [0.2, 0.25) is 0 Å². The molecule has 3 heteroatoms. The molecule has 1 heterocycles. The van der Waals surface area contributed by atoms with Crippen LogP contribution in [0.25, 0.3) is 0 Å². The number of hydrogen-bond acceptors (Lipinski definition) is 3. The molecule has 0 unspecified atom stereocenters. The SMILES string of the molecule is NCCc1ccccc1COCCCc1ccncc1. The van der Waals surface area contributed by atoms with Gasteiger partial charge in [0.25, 0.3) is 0 Å². The first-order chi connectivity index (χ1) is 9.90. The minimum Gasteiger partial charge on any atom is -0.377 e. The predicted octanol–water partition coefficient (Wildman–Crippen LogP) is 2.73. The molecular weight excluding hydrogens is 248 g/mol. The third kappa shape index (κ3) is 4.76. The van der Waals surface area contributed by atoms with Crippen LogP contribution < -0.4 is 5.73 Å². The number of aryl methyl sites for hydroxylation is 1. The van der Waals surface area contributed by atoms with Crippen LogP contribution in [0.15, 0.2) is 48.8 Å². The van der Waals surface area contributed by atoms with Crippen LogP contribution in [-0.4, -0.2) is 18.1 Å². The standard InChI is InChI=1S/C17H22N2O/c18-10-7-16-5-1-2-6-17(16)14-20-13-3-4-15-8-11-19-12-9-15/h1-2,5-6,8-9,11-12H,3-4,7,10,13-14,18H2. The van der Waals surface area contributed by atoms with Crippen LogP contribution in [0.4, 0.5) is 0 Å². The van der Waals surface area contributed by atoms with Gasteiger partial charge < -0.3 is 10.5 Å².